The lowest BCUT2D eigenvalue weighted by Crippen LogP contribution is -2.60. The van der Waals surface area contributed by atoms with Crippen LogP contribution in [0, 0.1) is 0 Å². The van der Waals surface area contributed by atoms with Crippen LogP contribution < -0.4 is 5.73 Å². The van der Waals surface area contributed by atoms with Gasteiger partial charge in [0.25, 0.3) is 0 Å². The van der Waals surface area contributed by atoms with Crippen LogP contribution in [-0.2, 0) is 16.1 Å². The zero-order valence-electron chi connectivity index (χ0n) is 16.8. The number of hydrogen-bond acceptors (Lipinski definition) is 7. The van der Waals surface area contributed by atoms with Crippen molar-refractivity contribution in [1.82, 2.24) is 19.9 Å². The highest BCUT2D eigenvalue weighted by molar-refractivity contribution is 5.86. The average Bonchev–Trinajstić information content (AvgIpc) is 3.11. The van der Waals surface area contributed by atoms with Crippen molar-refractivity contribution < 1.29 is 14.1 Å². The van der Waals surface area contributed by atoms with Gasteiger partial charge in [-0.15, -0.1) is 24.8 Å². The van der Waals surface area contributed by atoms with E-state index in [2.05, 4.69) is 15.0 Å². The Hall–Kier alpha value is -0.930. The molecular weight excluding hydrogens is 405 g/mol. The van der Waals surface area contributed by atoms with Gasteiger partial charge in [0.05, 0.1) is 12.1 Å². The normalized spacial score (nSPS) is 20.8. The Bertz CT molecular complexity index is 602. The Morgan fingerprint density at radius 2 is 1.86 bits per heavy atom. The third kappa shape index (κ3) is 6.03. The van der Waals surface area contributed by atoms with Crippen LogP contribution in [0.4, 0.5) is 0 Å². The summed E-state index contributed by atoms with van der Waals surface area (Å²) in [6.07, 6.45) is 4.77. The minimum atomic E-state index is -0.642. The smallest absolute Gasteiger partial charge is 0.242 e. The van der Waals surface area contributed by atoms with Crippen molar-refractivity contribution in [1.29, 1.82) is 0 Å². The van der Waals surface area contributed by atoms with Crippen LogP contribution in [0.15, 0.2) is 4.52 Å². The Morgan fingerprint density at radius 3 is 2.46 bits per heavy atom. The summed E-state index contributed by atoms with van der Waals surface area (Å²) < 4.78 is 10.8. The van der Waals surface area contributed by atoms with Gasteiger partial charge in [0, 0.05) is 32.8 Å². The van der Waals surface area contributed by atoms with Crippen molar-refractivity contribution in [3.63, 3.8) is 0 Å². The number of hydrogen-bond donors (Lipinski definition) is 1. The number of amides is 1. The highest BCUT2D eigenvalue weighted by Crippen LogP contribution is 2.28. The molecular formula is C18H33Cl2N5O3. The van der Waals surface area contributed by atoms with Crippen molar-refractivity contribution in [3.05, 3.63) is 11.7 Å². The van der Waals surface area contributed by atoms with E-state index < -0.39 is 5.54 Å². The van der Waals surface area contributed by atoms with E-state index in [0.717, 1.165) is 38.8 Å². The molecule has 0 radical (unpaired) electrons. The van der Waals surface area contributed by atoms with Crippen LogP contribution in [0.5, 0.6) is 0 Å². The third-order valence-corrected chi connectivity index (χ3v) is 5.45. The second-order valence-electron chi connectivity index (χ2n) is 7.43. The van der Waals surface area contributed by atoms with Gasteiger partial charge in [-0.1, -0.05) is 24.4 Å². The number of piperazine rings is 1. The van der Waals surface area contributed by atoms with Crippen LogP contribution in [0.3, 0.4) is 0 Å². The number of halogens is 2. The fraction of sp³-hybridized carbons (Fsp3) is 0.833. The lowest BCUT2D eigenvalue weighted by atomic mass is 9.81. The van der Waals surface area contributed by atoms with E-state index in [1.807, 2.05) is 18.7 Å². The van der Waals surface area contributed by atoms with Crippen molar-refractivity contribution in [3.8, 4) is 0 Å². The van der Waals surface area contributed by atoms with Crippen molar-refractivity contribution >= 4 is 30.7 Å². The molecule has 0 bridgehead atoms. The molecule has 3 rings (SSSR count). The molecule has 10 heteroatoms. The molecule has 1 aliphatic heterocycles. The monoisotopic (exact) mass is 437 g/mol. The maximum Gasteiger partial charge on any atom is 0.242 e. The molecule has 1 aliphatic carbocycles. The summed E-state index contributed by atoms with van der Waals surface area (Å²) in [6, 6.07) is 0. The molecule has 1 aromatic rings. The lowest BCUT2D eigenvalue weighted by molar-refractivity contribution is -0.140. The fourth-order valence-electron chi connectivity index (χ4n) is 3.83. The fourth-order valence-corrected chi connectivity index (χ4v) is 3.83. The third-order valence-electron chi connectivity index (χ3n) is 5.45. The van der Waals surface area contributed by atoms with Gasteiger partial charge in [0.15, 0.2) is 5.82 Å². The SMILES string of the molecule is CCOC(C)c1noc(CN2CCN(C(=O)C3(N)CCCCC3)CC2)n1.Cl.Cl. The molecule has 1 amide bonds. The van der Waals surface area contributed by atoms with E-state index in [1.165, 1.54) is 6.42 Å². The van der Waals surface area contributed by atoms with E-state index in [9.17, 15) is 4.79 Å². The molecule has 0 aromatic carbocycles. The number of rotatable bonds is 6. The summed E-state index contributed by atoms with van der Waals surface area (Å²) in [7, 11) is 0. The zero-order valence-corrected chi connectivity index (χ0v) is 18.4. The van der Waals surface area contributed by atoms with Crippen LogP contribution in [0.25, 0.3) is 0 Å². The molecule has 2 N–H and O–H groups in total. The van der Waals surface area contributed by atoms with Gasteiger partial charge >= 0.3 is 0 Å². The minimum Gasteiger partial charge on any atom is -0.371 e. The summed E-state index contributed by atoms with van der Waals surface area (Å²) in [5.74, 6) is 1.30. The number of nitrogens with zero attached hydrogens (tertiary/aromatic N) is 4. The second kappa shape index (κ2) is 11.3. The molecule has 162 valence electrons. The van der Waals surface area contributed by atoms with Gasteiger partial charge in [-0.3, -0.25) is 9.69 Å². The molecule has 8 nitrogen and oxygen atoms in total. The Labute approximate surface area is 179 Å². The molecule has 1 saturated heterocycles. The van der Waals surface area contributed by atoms with Gasteiger partial charge in [0.1, 0.15) is 6.10 Å². The summed E-state index contributed by atoms with van der Waals surface area (Å²) in [6.45, 7) is 8.06. The van der Waals surface area contributed by atoms with Crippen LogP contribution in [0.2, 0.25) is 0 Å². The number of ether oxygens (including phenoxy) is 1. The molecule has 2 heterocycles. The van der Waals surface area contributed by atoms with E-state index in [0.29, 0.717) is 38.0 Å². The Balaban J connectivity index is 0.00000196. The van der Waals surface area contributed by atoms with Gasteiger partial charge < -0.3 is 19.9 Å². The van der Waals surface area contributed by atoms with E-state index in [4.69, 9.17) is 15.0 Å². The first-order valence-corrected chi connectivity index (χ1v) is 9.76. The van der Waals surface area contributed by atoms with Crippen molar-refractivity contribution in [2.45, 2.75) is 64.1 Å². The van der Waals surface area contributed by atoms with E-state index in [-0.39, 0.29) is 36.8 Å². The molecule has 28 heavy (non-hydrogen) atoms. The van der Waals surface area contributed by atoms with Gasteiger partial charge in [-0.25, -0.2) is 0 Å². The first-order chi connectivity index (χ1) is 12.5. The topological polar surface area (TPSA) is 97.7 Å². The molecule has 0 spiro atoms. The van der Waals surface area contributed by atoms with E-state index >= 15 is 0 Å². The maximum absolute atomic E-state index is 12.8. The highest BCUT2D eigenvalue weighted by Gasteiger charge is 2.39. The number of aromatic nitrogens is 2. The average molecular weight is 438 g/mol. The number of nitrogens with two attached hydrogens (primary N) is 1. The van der Waals surface area contributed by atoms with Gasteiger partial charge in [0.2, 0.25) is 11.8 Å². The lowest BCUT2D eigenvalue weighted by Gasteiger charge is -2.40. The van der Waals surface area contributed by atoms with Gasteiger partial charge in [-0.05, 0) is 26.7 Å². The standard InChI is InChI=1S/C18H31N5O3.2ClH/c1-3-25-14(2)16-20-15(26-21-16)13-22-9-11-23(12-10-22)17(24)18(19)7-5-4-6-8-18;;/h14H,3-13,19H2,1-2H3;2*1H. The van der Waals surface area contributed by atoms with Crippen molar-refractivity contribution in [2.24, 2.45) is 5.73 Å². The molecule has 1 aromatic heterocycles. The maximum atomic E-state index is 12.8. The quantitative estimate of drug-likeness (QED) is 0.728. The molecule has 2 aliphatic rings. The predicted molar refractivity (Wildman–Crippen MR) is 111 cm³/mol. The second-order valence-corrected chi connectivity index (χ2v) is 7.43. The summed E-state index contributed by atoms with van der Waals surface area (Å²) in [4.78, 5) is 21.4. The molecule has 1 unspecified atom stereocenters. The molecule has 1 saturated carbocycles. The Kier molecular flexibility index (Phi) is 10.1. The van der Waals surface area contributed by atoms with Gasteiger partial charge in [-0.2, -0.15) is 4.98 Å². The minimum absolute atomic E-state index is 0. The van der Waals surface area contributed by atoms with E-state index in [1.54, 1.807) is 0 Å². The molecule has 1 atom stereocenters. The van der Waals surface area contributed by atoms with Crippen molar-refractivity contribution in [2.75, 3.05) is 32.8 Å². The highest BCUT2D eigenvalue weighted by atomic mass is 35.5. The number of carbonyl (C=O) groups is 1. The largest absolute Gasteiger partial charge is 0.371 e. The summed E-state index contributed by atoms with van der Waals surface area (Å²) in [5, 5.41) is 3.99. The first-order valence-electron chi connectivity index (χ1n) is 9.76. The first kappa shape index (κ1) is 25.1. The number of carbonyl (C=O) groups excluding carboxylic acids is 1. The predicted octanol–water partition coefficient (Wildman–Crippen LogP) is 2.32. The Morgan fingerprint density at radius 1 is 1.21 bits per heavy atom. The zero-order chi connectivity index (χ0) is 18.6. The van der Waals surface area contributed by atoms with Crippen LogP contribution in [-0.4, -0.2) is 64.2 Å². The summed E-state index contributed by atoms with van der Waals surface area (Å²) in [5.41, 5.74) is 5.76. The molecule has 2 fully saturated rings. The van der Waals surface area contributed by atoms with Crippen LogP contribution >= 0.6 is 24.8 Å². The summed E-state index contributed by atoms with van der Waals surface area (Å²) >= 11 is 0. The van der Waals surface area contributed by atoms with Crippen LogP contribution in [0.1, 0.15) is 63.8 Å².